The number of nitrogens with one attached hydrogen (secondary N) is 1. The highest BCUT2D eigenvalue weighted by Crippen LogP contribution is 2.13. The fourth-order valence-corrected chi connectivity index (χ4v) is 1.02. The van der Waals surface area contributed by atoms with E-state index < -0.39 is 17.9 Å². The van der Waals surface area contributed by atoms with Gasteiger partial charge in [-0.1, -0.05) is 24.3 Å². The van der Waals surface area contributed by atoms with E-state index in [9.17, 15) is 22.4 Å². The summed E-state index contributed by atoms with van der Waals surface area (Å²) in [5.74, 6) is -2.38. The van der Waals surface area contributed by atoms with Gasteiger partial charge in [0.1, 0.15) is 5.82 Å². The van der Waals surface area contributed by atoms with Crippen LogP contribution in [0.1, 0.15) is 5.56 Å². The Hall–Kier alpha value is -1.85. The minimum Gasteiger partial charge on any atom is -0.345 e. The van der Waals surface area contributed by atoms with Crippen molar-refractivity contribution in [3.63, 3.8) is 0 Å². The fraction of sp³-hybridized carbons (Fsp3) is 0.182. The van der Waals surface area contributed by atoms with Crippen LogP contribution in [-0.4, -0.2) is 18.6 Å². The maximum Gasteiger partial charge on any atom is 0.471 e. The summed E-state index contributed by atoms with van der Waals surface area (Å²) in [4.78, 5) is 10.4. The molecular weight excluding hydrogens is 238 g/mol. The lowest BCUT2D eigenvalue weighted by Gasteiger charge is -2.04. The summed E-state index contributed by atoms with van der Waals surface area (Å²) in [6, 6.07) is 5.40. The molecule has 0 saturated carbocycles. The summed E-state index contributed by atoms with van der Waals surface area (Å²) in [5.41, 5.74) is 0.632. The second-order valence-electron chi connectivity index (χ2n) is 3.16. The Morgan fingerprint density at radius 2 is 1.82 bits per heavy atom. The predicted octanol–water partition coefficient (Wildman–Crippen LogP) is 2.52. The van der Waals surface area contributed by atoms with Gasteiger partial charge in [0.05, 0.1) is 0 Å². The highest BCUT2D eigenvalue weighted by Gasteiger charge is 2.37. The standard InChI is InChI=1S/C11H9F4NO/c12-9-5-3-8(4-6-9)2-1-7-16-10(17)11(13,14)15/h1-6H,7H2,(H,16,17). The van der Waals surface area contributed by atoms with E-state index in [0.29, 0.717) is 5.56 Å². The fourth-order valence-electron chi connectivity index (χ4n) is 1.02. The van der Waals surface area contributed by atoms with Gasteiger partial charge in [-0.3, -0.25) is 4.79 Å². The Morgan fingerprint density at radius 1 is 1.24 bits per heavy atom. The maximum atomic E-state index is 12.5. The molecule has 0 heterocycles. The Bertz CT molecular complexity index is 408. The summed E-state index contributed by atoms with van der Waals surface area (Å²) < 4.78 is 47.8. The van der Waals surface area contributed by atoms with Crippen LogP contribution in [0.15, 0.2) is 30.3 Å². The molecule has 0 aliphatic rings. The maximum absolute atomic E-state index is 12.5. The van der Waals surface area contributed by atoms with Gasteiger partial charge in [0.25, 0.3) is 0 Å². The van der Waals surface area contributed by atoms with Gasteiger partial charge in [-0.2, -0.15) is 13.2 Å². The van der Waals surface area contributed by atoms with Gasteiger partial charge in [-0.25, -0.2) is 4.39 Å². The third-order valence-corrected chi connectivity index (χ3v) is 1.82. The molecule has 2 nitrogen and oxygen atoms in total. The van der Waals surface area contributed by atoms with E-state index >= 15 is 0 Å². The van der Waals surface area contributed by atoms with Crippen LogP contribution in [0.4, 0.5) is 17.6 Å². The number of rotatable bonds is 3. The number of carbonyl (C=O) groups excluding carboxylic acids is 1. The molecule has 0 aliphatic heterocycles. The SMILES string of the molecule is O=C(NCC=Cc1ccc(F)cc1)C(F)(F)F. The predicted molar refractivity (Wildman–Crippen MR) is 54.5 cm³/mol. The van der Waals surface area contributed by atoms with Crippen LogP contribution in [0.5, 0.6) is 0 Å². The number of benzene rings is 1. The second kappa shape index (κ2) is 5.47. The van der Waals surface area contributed by atoms with E-state index in [-0.39, 0.29) is 6.54 Å². The largest absolute Gasteiger partial charge is 0.471 e. The first-order valence-electron chi connectivity index (χ1n) is 4.67. The molecule has 1 amide bonds. The summed E-state index contributed by atoms with van der Waals surface area (Å²) >= 11 is 0. The first kappa shape index (κ1) is 13.2. The third-order valence-electron chi connectivity index (χ3n) is 1.82. The van der Waals surface area contributed by atoms with Crippen molar-refractivity contribution in [2.75, 3.05) is 6.54 Å². The summed E-state index contributed by atoms with van der Waals surface area (Å²) in [6.07, 6.45) is -2.04. The van der Waals surface area contributed by atoms with E-state index in [0.717, 1.165) is 0 Å². The van der Waals surface area contributed by atoms with E-state index in [1.165, 1.54) is 36.4 Å². The van der Waals surface area contributed by atoms with Crippen molar-refractivity contribution in [3.05, 3.63) is 41.7 Å². The van der Waals surface area contributed by atoms with Crippen molar-refractivity contribution in [1.29, 1.82) is 0 Å². The highest BCUT2D eigenvalue weighted by atomic mass is 19.4. The van der Waals surface area contributed by atoms with Crippen LogP contribution in [0, 0.1) is 5.82 Å². The summed E-state index contributed by atoms with van der Waals surface area (Å²) in [5, 5.41) is 1.68. The van der Waals surface area contributed by atoms with Crippen LogP contribution < -0.4 is 5.32 Å². The molecule has 0 fully saturated rings. The van der Waals surface area contributed by atoms with E-state index in [2.05, 4.69) is 0 Å². The average molecular weight is 247 g/mol. The van der Waals surface area contributed by atoms with Crippen molar-refractivity contribution >= 4 is 12.0 Å². The van der Waals surface area contributed by atoms with Crippen LogP contribution in [0.3, 0.4) is 0 Å². The number of alkyl halides is 3. The van der Waals surface area contributed by atoms with Crippen LogP contribution in [-0.2, 0) is 4.79 Å². The van der Waals surface area contributed by atoms with Crippen LogP contribution >= 0.6 is 0 Å². The first-order chi connectivity index (χ1) is 7.89. The topological polar surface area (TPSA) is 29.1 Å². The van der Waals surface area contributed by atoms with Crippen molar-refractivity contribution < 1.29 is 22.4 Å². The molecule has 1 N–H and O–H groups in total. The van der Waals surface area contributed by atoms with Gasteiger partial charge in [0.2, 0.25) is 0 Å². The quantitative estimate of drug-likeness (QED) is 0.817. The van der Waals surface area contributed by atoms with E-state index in [4.69, 9.17) is 0 Å². The number of carbonyl (C=O) groups is 1. The molecule has 0 aliphatic carbocycles. The Kier molecular flexibility index (Phi) is 4.25. The first-order valence-corrected chi connectivity index (χ1v) is 4.67. The van der Waals surface area contributed by atoms with Crippen molar-refractivity contribution in [1.82, 2.24) is 5.32 Å². The molecule has 6 heteroatoms. The van der Waals surface area contributed by atoms with Crippen LogP contribution in [0.25, 0.3) is 6.08 Å². The summed E-state index contributed by atoms with van der Waals surface area (Å²) in [7, 11) is 0. The van der Waals surface area contributed by atoms with Gasteiger partial charge in [-0.05, 0) is 17.7 Å². The van der Waals surface area contributed by atoms with E-state index in [1.807, 2.05) is 0 Å². The Balaban J connectivity index is 2.41. The molecule has 0 spiro atoms. The van der Waals surface area contributed by atoms with Gasteiger partial charge >= 0.3 is 12.1 Å². The number of amides is 1. The zero-order chi connectivity index (χ0) is 12.9. The number of halogens is 4. The molecule has 0 bridgehead atoms. The van der Waals surface area contributed by atoms with Gasteiger partial charge < -0.3 is 5.32 Å². The van der Waals surface area contributed by atoms with Gasteiger partial charge in [0, 0.05) is 6.54 Å². The minimum atomic E-state index is -4.87. The molecule has 0 unspecified atom stereocenters. The number of hydrogen-bond acceptors (Lipinski definition) is 1. The minimum absolute atomic E-state index is 0.240. The second-order valence-corrected chi connectivity index (χ2v) is 3.16. The highest BCUT2D eigenvalue weighted by molar-refractivity contribution is 5.81. The zero-order valence-corrected chi connectivity index (χ0v) is 8.59. The molecule has 17 heavy (non-hydrogen) atoms. The molecule has 0 aromatic heterocycles. The molecule has 1 aromatic rings. The lowest BCUT2D eigenvalue weighted by Crippen LogP contribution is -2.36. The molecule has 92 valence electrons. The number of hydrogen-bond donors (Lipinski definition) is 1. The van der Waals surface area contributed by atoms with Crippen molar-refractivity contribution in [2.24, 2.45) is 0 Å². The zero-order valence-electron chi connectivity index (χ0n) is 8.59. The lowest BCUT2D eigenvalue weighted by atomic mass is 10.2. The molecule has 1 aromatic carbocycles. The van der Waals surface area contributed by atoms with Crippen LogP contribution in [0.2, 0.25) is 0 Å². The van der Waals surface area contributed by atoms with Crippen molar-refractivity contribution in [3.8, 4) is 0 Å². The van der Waals surface area contributed by atoms with E-state index in [1.54, 1.807) is 5.32 Å². The molecular formula is C11H9F4NO. The average Bonchev–Trinajstić information content (AvgIpc) is 2.25. The smallest absolute Gasteiger partial charge is 0.345 e. The normalized spacial score (nSPS) is 11.8. The third kappa shape index (κ3) is 4.67. The van der Waals surface area contributed by atoms with Gasteiger partial charge in [-0.15, -0.1) is 0 Å². The Labute approximate surface area is 94.9 Å². The Morgan fingerprint density at radius 3 is 2.35 bits per heavy atom. The molecule has 0 atom stereocenters. The molecule has 0 saturated heterocycles. The monoisotopic (exact) mass is 247 g/mol. The van der Waals surface area contributed by atoms with Gasteiger partial charge in [0.15, 0.2) is 0 Å². The molecule has 0 radical (unpaired) electrons. The summed E-state index contributed by atoms with van der Waals surface area (Å²) in [6.45, 7) is -0.240. The lowest BCUT2D eigenvalue weighted by molar-refractivity contribution is -0.173. The molecule has 1 rings (SSSR count). The van der Waals surface area contributed by atoms with Crippen molar-refractivity contribution in [2.45, 2.75) is 6.18 Å².